The average Bonchev–Trinajstić information content (AvgIpc) is 2.15. The molecular formula is C11H22BaO4. The fourth-order valence-electron chi connectivity index (χ4n) is 1.50. The van der Waals surface area contributed by atoms with Gasteiger partial charge in [-0.25, -0.2) is 0 Å². The van der Waals surface area contributed by atoms with Gasteiger partial charge in [-0.2, -0.15) is 0 Å². The summed E-state index contributed by atoms with van der Waals surface area (Å²) in [6.07, 6.45) is 3.58. The van der Waals surface area contributed by atoms with E-state index in [1.165, 1.54) is 6.92 Å². The van der Waals surface area contributed by atoms with Crippen LogP contribution in [0.5, 0.6) is 0 Å². The van der Waals surface area contributed by atoms with Crippen LogP contribution in [-0.2, 0) is 9.59 Å². The van der Waals surface area contributed by atoms with Gasteiger partial charge < -0.3 is 10.2 Å². The van der Waals surface area contributed by atoms with Gasteiger partial charge in [-0.15, -0.1) is 0 Å². The van der Waals surface area contributed by atoms with Crippen molar-refractivity contribution in [2.24, 2.45) is 11.3 Å². The molecule has 0 saturated carbocycles. The van der Waals surface area contributed by atoms with E-state index in [-0.39, 0.29) is 54.8 Å². The van der Waals surface area contributed by atoms with Crippen molar-refractivity contribution in [3.05, 3.63) is 0 Å². The molecule has 0 heterocycles. The van der Waals surface area contributed by atoms with Crippen LogP contribution in [0.15, 0.2) is 0 Å². The summed E-state index contributed by atoms with van der Waals surface area (Å²) in [6, 6.07) is 0. The van der Waals surface area contributed by atoms with Crippen molar-refractivity contribution >= 4 is 60.8 Å². The Labute approximate surface area is 137 Å². The Kier molecular flexibility index (Phi) is 10.1. The molecule has 2 N–H and O–H groups in total. The topological polar surface area (TPSA) is 74.6 Å². The summed E-state index contributed by atoms with van der Waals surface area (Å²) < 4.78 is 0. The Hall–Kier alpha value is 0.511. The molecule has 0 fully saturated rings. The third kappa shape index (κ3) is 4.79. The van der Waals surface area contributed by atoms with Gasteiger partial charge in [-0.05, 0) is 19.3 Å². The van der Waals surface area contributed by atoms with E-state index < -0.39 is 17.4 Å². The second kappa shape index (κ2) is 8.58. The number of aliphatic carboxylic acids is 2. The molecule has 16 heavy (non-hydrogen) atoms. The first-order valence-corrected chi connectivity index (χ1v) is 5.34. The standard InChI is InChI=1S/C11H20O4.Ba.2H/c1-4-5-6-7-8(2)11(3,9(12)13)10(14)15;;;/h8H,4-7H2,1-3H3,(H,12,13)(H,14,15);;;. The summed E-state index contributed by atoms with van der Waals surface area (Å²) in [4.78, 5) is 21.9. The maximum absolute atomic E-state index is 11.0. The Morgan fingerprint density at radius 3 is 1.94 bits per heavy atom. The SMILES string of the molecule is CCCCCC(C)C(C)(C(=O)O)C(=O)O.[BaH2]. The third-order valence-corrected chi connectivity index (χ3v) is 3.11. The van der Waals surface area contributed by atoms with Crippen LogP contribution in [-0.4, -0.2) is 71.0 Å². The number of carboxylic acid groups (broad SMARTS) is 2. The van der Waals surface area contributed by atoms with Gasteiger partial charge in [-0.3, -0.25) is 9.59 Å². The van der Waals surface area contributed by atoms with Crippen LogP contribution in [0.4, 0.5) is 0 Å². The Balaban J connectivity index is 0. The molecule has 0 spiro atoms. The molecule has 0 bridgehead atoms. The second-order valence-electron chi connectivity index (χ2n) is 4.21. The van der Waals surface area contributed by atoms with Crippen molar-refractivity contribution < 1.29 is 19.8 Å². The van der Waals surface area contributed by atoms with Crippen molar-refractivity contribution in [1.82, 2.24) is 0 Å². The Bertz CT molecular complexity index is 226. The molecule has 0 aromatic carbocycles. The molecule has 0 aliphatic heterocycles. The van der Waals surface area contributed by atoms with Gasteiger partial charge >= 0.3 is 60.8 Å². The van der Waals surface area contributed by atoms with Gasteiger partial charge in [0.2, 0.25) is 0 Å². The van der Waals surface area contributed by atoms with Gasteiger partial charge in [0.25, 0.3) is 0 Å². The molecule has 0 radical (unpaired) electrons. The van der Waals surface area contributed by atoms with Crippen molar-refractivity contribution in [1.29, 1.82) is 0 Å². The van der Waals surface area contributed by atoms with Crippen LogP contribution in [0, 0.1) is 11.3 Å². The zero-order chi connectivity index (χ0) is 12.1. The molecule has 0 aromatic heterocycles. The van der Waals surface area contributed by atoms with Crippen molar-refractivity contribution in [2.75, 3.05) is 0 Å². The van der Waals surface area contributed by atoms with Crippen LogP contribution >= 0.6 is 0 Å². The summed E-state index contributed by atoms with van der Waals surface area (Å²) in [7, 11) is 0. The van der Waals surface area contributed by atoms with Crippen LogP contribution in [0.2, 0.25) is 0 Å². The third-order valence-electron chi connectivity index (χ3n) is 3.11. The van der Waals surface area contributed by atoms with E-state index in [9.17, 15) is 9.59 Å². The quantitative estimate of drug-likeness (QED) is 0.412. The molecule has 1 atom stereocenters. The number of hydrogen-bond donors (Lipinski definition) is 2. The van der Waals surface area contributed by atoms with Gasteiger partial charge in [0, 0.05) is 0 Å². The molecule has 4 nitrogen and oxygen atoms in total. The predicted molar refractivity (Wildman–Crippen MR) is 65.2 cm³/mol. The molecule has 0 aliphatic rings. The number of hydrogen-bond acceptors (Lipinski definition) is 2. The van der Waals surface area contributed by atoms with Crippen LogP contribution in [0.25, 0.3) is 0 Å². The molecule has 0 rings (SSSR count). The fourth-order valence-corrected chi connectivity index (χ4v) is 1.50. The molecule has 0 aromatic rings. The minimum atomic E-state index is -1.66. The summed E-state index contributed by atoms with van der Waals surface area (Å²) in [5, 5.41) is 17.9. The molecule has 92 valence electrons. The van der Waals surface area contributed by atoms with E-state index in [0.717, 1.165) is 19.3 Å². The Morgan fingerprint density at radius 1 is 1.19 bits per heavy atom. The molecule has 0 amide bonds. The van der Waals surface area contributed by atoms with E-state index in [1.54, 1.807) is 6.92 Å². The van der Waals surface area contributed by atoms with Crippen LogP contribution in [0.3, 0.4) is 0 Å². The molecule has 1 unspecified atom stereocenters. The summed E-state index contributed by atoms with van der Waals surface area (Å²) in [6.45, 7) is 5.03. The normalized spacial score (nSPS) is 12.7. The number of carbonyl (C=O) groups is 2. The maximum atomic E-state index is 11.0. The number of rotatable bonds is 7. The van der Waals surface area contributed by atoms with E-state index in [2.05, 4.69) is 6.92 Å². The van der Waals surface area contributed by atoms with Gasteiger partial charge in [0.05, 0.1) is 0 Å². The van der Waals surface area contributed by atoms with Gasteiger partial charge in [-0.1, -0.05) is 33.1 Å². The second-order valence-corrected chi connectivity index (χ2v) is 4.21. The zero-order valence-electron chi connectivity index (χ0n) is 9.62. The number of unbranched alkanes of at least 4 members (excludes halogenated alkanes) is 2. The average molecular weight is 356 g/mol. The van der Waals surface area contributed by atoms with E-state index >= 15 is 0 Å². The van der Waals surface area contributed by atoms with Crippen LogP contribution < -0.4 is 0 Å². The fraction of sp³-hybridized carbons (Fsp3) is 0.818. The monoisotopic (exact) mass is 356 g/mol. The predicted octanol–water partition coefficient (Wildman–Crippen LogP) is 1.46. The van der Waals surface area contributed by atoms with Crippen molar-refractivity contribution in [3.8, 4) is 0 Å². The van der Waals surface area contributed by atoms with E-state index in [4.69, 9.17) is 10.2 Å². The molecule has 0 aliphatic carbocycles. The van der Waals surface area contributed by atoms with Crippen molar-refractivity contribution in [2.45, 2.75) is 46.5 Å². The summed E-state index contributed by atoms with van der Waals surface area (Å²) in [5.74, 6) is -2.85. The molecule has 0 saturated heterocycles. The zero-order valence-corrected chi connectivity index (χ0v) is 9.62. The van der Waals surface area contributed by atoms with Crippen LogP contribution in [0.1, 0.15) is 46.5 Å². The number of carboxylic acids is 2. The first-order valence-electron chi connectivity index (χ1n) is 5.34. The van der Waals surface area contributed by atoms with E-state index in [0.29, 0.717) is 6.42 Å². The molecule has 5 heteroatoms. The first kappa shape index (κ1) is 18.9. The van der Waals surface area contributed by atoms with E-state index in [1.807, 2.05) is 0 Å². The summed E-state index contributed by atoms with van der Waals surface area (Å²) in [5.41, 5.74) is -1.66. The van der Waals surface area contributed by atoms with Gasteiger partial charge in [0.15, 0.2) is 5.41 Å². The summed E-state index contributed by atoms with van der Waals surface area (Å²) >= 11 is 0. The molecular weight excluding hydrogens is 333 g/mol. The minimum absolute atomic E-state index is 0. The van der Waals surface area contributed by atoms with Crippen molar-refractivity contribution in [3.63, 3.8) is 0 Å². The first-order chi connectivity index (χ1) is 6.87. The Morgan fingerprint density at radius 2 is 1.62 bits per heavy atom. The van der Waals surface area contributed by atoms with Gasteiger partial charge in [0.1, 0.15) is 0 Å².